The van der Waals surface area contributed by atoms with Crippen molar-refractivity contribution in [2.75, 3.05) is 46.7 Å². The fourth-order valence-corrected chi connectivity index (χ4v) is 3.50. The molecule has 1 aromatic rings. The Bertz CT molecular complexity index is 756. The number of guanidine groups is 1. The predicted molar refractivity (Wildman–Crippen MR) is 118 cm³/mol. The van der Waals surface area contributed by atoms with Crippen LogP contribution in [0.25, 0.3) is 0 Å². The van der Waals surface area contributed by atoms with Gasteiger partial charge in [-0.3, -0.25) is 4.99 Å². The molecule has 0 radical (unpaired) electrons. The summed E-state index contributed by atoms with van der Waals surface area (Å²) in [4.78, 5) is 6.45. The van der Waals surface area contributed by atoms with E-state index in [1.54, 1.807) is 28.2 Å². The third-order valence-corrected chi connectivity index (χ3v) is 5.74. The van der Waals surface area contributed by atoms with Gasteiger partial charge < -0.3 is 19.7 Å². The normalized spacial score (nSPS) is 14.2. The number of fused-ring (bicyclic) bond motifs is 1. The van der Waals surface area contributed by atoms with E-state index >= 15 is 0 Å². The van der Waals surface area contributed by atoms with Gasteiger partial charge in [0.15, 0.2) is 17.5 Å². The molecule has 154 valence electrons. The first-order valence-corrected chi connectivity index (χ1v) is 10.3. The molecule has 1 aromatic carbocycles. The number of aliphatic imine (C=N–C) groups is 1. The SMILES string of the molecule is CCS(=O)(=O)NCCNC(=NC)N1CCc2cc(OC)c(OC)cc2C1.I. The Morgan fingerprint density at radius 1 is 1.19 bits per heavy atom. The molecule has 1 aliphatic heterocycles. The Morgan fingerprint density at radius 2 is 1.81 bits per heavy atom. The number of sulfonamides is 1. The van der Waals surface area contributed by atoms with Crippen molar-refractivity contribution in [3.8, 4) is 11.5 Å². The van der Waals surface area contributed by atoms with Gasteiger partial charge >= 0.3 is 0 Å². The van der Waals surface area contributed by atoms with Crippen molar-refractivity contribution in [2.24, 2.45) is 4.99 Å². The fraction of sp³-hybridized carbons (Fsp3) is 0.588. The topological polar surface area (TPSA) is 92.3 Å². The number of nitrogens with one attached hydrogen (secondary N) is 2. The molecule has 0 aromatic heterocycles. The molecule has 2 N–H and O–H groups in total. The largest absolute Gasteiger partial charge is 0.493 e. The van der Waals surface area contributed by atoms with Gasteiger partial charge in [0.2, 0.25) is 10.0 Å². The van der Waals surface area contributed by atoms with Crippen LogP contribution in [-0.2, 0) is 23.0 Å². The Labute approximate surface area is 178 Å². The van der Waals surface area contributed by atoms with Crippen molar-refractivity contribution in [1.29, 1.82) is 0 Å². The minimum atomic E-state index is -3.17. The molecule has 0 spiro atoms. The molecule has 10 heteroatoms. The van der Waals surface area contributed by atoms with E-state index < -0.39 is 10.0 Å². The van der Waals surface area contributed by atoms with E-state index in [0.29, 0.717) is 25.4 Å². The van der Waals surface area contributed by atoms with Crippen LogP contribution in [0.15, 0.2) is 17.1 Å². The van der Waals surface area contributed by atoms with Crippen molar-refractivity contribution in [2.45, 2.75) is 19.9 Å². The first kappa shape index (κ1) is 23.8. The lowest BCUT2D eigenvalue weighted by Gasteiger charge is -2.32. The van der Waals surface area contributed by atoms with Crippen LogP contribution >= 0.6 is 24.0 Å². The van der Waals surface area contributed by atoms with Crippen LogP contribution in [0.3, 0.4) is 0 Å². The van der Waals surface area contributed by atoms with E-state index in [-0.39, 0.29) is 29.7 Å². The molecule has 0 amide bonds. The van der Waals surface area contributed by atoms with Crippen LogP contribution in [0.2, 0.25) is 0 Å². The maximum Gasteiger partial charge on any atom is 0.211 e. The summed E-state index contributed by atoms with van der Waals surface area (Å²) in [6.07, 6.45) is 0.874. The summed E-state index contributed by atoms with van der Waals surface area (Å²) >= 11 is 0. The fourth-order valence-electron chi connectivity index (χ4n) is 2.88. The molecule has 0 unspecified atom stereocenters. The van der Waals surface area contributed by atoms with E-state index in [4.69, 9.17) is 9.47 Å². The van der Waals surface area contributed by atoms with E-state index in [1.165, 1.54) is 11.1 Å². The van der Waals surface area contributed by atoms with Crippen molar-refractivity contribution in [3.05, 3.63) is 23.3 Å². The molecule has 8 nitrogen and oxygen atoms in total. The maximum absolute atomic E-state index is 11.5. The van der Waals surface area contributed by atoms with Crippen molar-refractivity contribution >= 4 is 40.0 Å². The number of nitrogens with zero attached hydrogens (tertiary/aromatic N) is 2. The minimum Gasteiger partial charge on any atom is -0.493 e. The summed E-state index contributed by atoms with van der Waals surface area (Å²) in [6, 6.07) is 4.03. The molecule has 2 rings (SSSR count). The molecule has 0 atom stereocenters. The van der Waals surface area contributed by atoms with Gasteiger partial charge in [0.1, 0.15) is 0 Å². The molecule has 27 heavy (non-hydrogen) atoms. The lowest BCUT2D eigenvalue weighted by atomic mass is 9.99. The van der Waals surface area contributed by atoms with Gasteiger partial charge in [0.25, 0.3) is 0 Å². The monoisotopic (exact) mass is 512 g/mol. The van der Waals surface area contributed by atoms with Crippen LogP contribution in [0.4, 0.5) is 0 Å². The molecule has 0 aliphatic carbocycles. The van der Waals surface area contributed by atoms with Gasteiger partial charge in [-0.1, -0.05) is 0 Å². The van der Waals surface area contributed by atoms with Crippen molar-refractivity contribution in [3.63, 3.8) is 0 Å². The molecule has 0 saturated carbocycles. The van der Waals surface area contributed by atoms with E-state index in [2.05, 4.69) is 19.9 Å². The predicted octanol–water partition coefficient (Wildman–Crippen LogP) is 1.19. The van der Waals surface area contributed by atoms with Crippen LogP contribution < -0.4 is 19.5 Å². The summed E-state index contributed by atoms with van der Waals surface area (Å²) < 4.78 is 36.2. The van der Waals surface area contributed by atoms with Crippen molar-refractivity contribution in [1.82, 2.24) is 14.9 Å². The van der Waals surface area contributed by atoms with E-state index in [9.17, 15) is 8.42 Å². The lowest BCUT2D eigenvalue weighted by Crippen LogP contribution is -2.46. The number of ether oxygens (including phenoxy) is 2. The zero-order chi connectivity index (χ0) is 19.2. The highest BCUT2D eigenvalue weighted by Gasteiger charge is 2.21. The van der Waals surface area contributed by atoms with Crippen LogP contribution in [0.1, 0.15) is 18.1 Å². The third kappa shape index (κ3) is 6.39. The molecule has 0 fully saturated rings. The van der Waals surface area contributed by atoms with E-state index in [1.807, 2.05) is 12.1 Å². The number of halogens is 1. The summed E-state index contributed by atoms with van der Waals surface area (Å²) in [5, 5.41) is 3.21. The summed E-state index contributed by atoms with van der Waals surface area (Å²) in [7, 11) is 1.82. The first-order valence-electron chi connectivity index (χ1n) is 8.60. The zero-order valence-corrected chi connectivity index (χ0v) is 19.4. The standard InChI is InChI=1S/C17H28N4O4S.HI/c1-5-26(22,23)20-8-7-19-17(18-2)21-9-6-13-10-15(24-3)16(25-4)11-14(13)12-21;/h10-11,20H,5-9,12H2,1-4H3,(H,18,19);1H. The van der Waals surface area contributed by atoms with Gasteiger partial charge in [-0.15, -0.1) is 24.0 Å². The highest BCUT2D eigenvalue weighted by Crippen LogP contribution is 2.33. The Morgan fingerprint density at radius 3 is 2.37 bits per heavy atom. The van der Waals surface area contributed by atoms with Gasteiger partial charge in [0.05, 0.1) is 20.0 Å². The van der Waals surface area contributed by atoms with Crippen LogP contribution in [-0.4, -0.2) is 65.9 Å². The van der Waals surface area contributed by atoms with Gasteiger partial charge in [-0.25, -0.2) is 13.1 Å². The van der Waals surface area contributed by atoms with Crippen LogP contribution in [0.5, 0.6) is 11.5 Å². The van der Waals surface area contributed by atoms with Gasteiger partial charge in [-0.2, -0.15) is 0 Å². The van der Waals surface area contributed by atoms with Gasteiger partial charge in [0, 0.05) is 33.2 Å². The third-order valence-electron chi connectivity index (χ3n) is 4.34. The second-order valence-electron chi connectivity index (χ2n) is 5.92. The number of hydrogen-bond donors (Lipinski definition) is 2. The smallest absolute Gasteiger partial charge is 0.211 e. The summed E-state index contributed by atoms with van der Waals surface area (Å²) in [6.45, 7) is 3.94. The number of hydrogen-bond acceptors (Lipinski definition) is 5. The van der Waals surface area contributed by atoms with Crippen LogP contribution in [0, 0.1) is 0 Å². The molecule has 0 saturated heterocycles. The molecular formula is C17H29IN4O4S. The Kier molecular flexibility index (Phi) is 9.60. The highest BCUT2D eigenvalue weighted by atomic mass is 127. The zero-order valence-electron chi connectivity index (χ0n) is 16.2. The molecule has 0 bridgehead atoms. The summed E-state index contributed by atoms with van der Waals surface area (Å²) in [5.41, 5.74) is 2.41. The lowest BCUT2D eigenvalue weighted by molar-refractivity contribution is 0.346. The Balaban J connectivity index is 0.00000364. The number of methoxy groups -OCH3 is 2. The van der Waals surface area contributed by atoms with Gasteiger partial charge in [-0.05, 0) is 36.6 Å². The first-order chi connectivity index (χ1) is 12.4. The maximum atomic E-state index is 11.5. The van der Waals surface area contributed by atoms with Crippen molar-refractivity contribution < 1.29 is 17.9 Å². The Hall–Kier alpha value is -1.27. The quantitative estimate of drug-likeness (QED) is 0.247. The summed E-state index contributed by atoms with van der Waals surface area (Å²) in [5.74, 6) is 2.28. The average Bonchev–Trinajstić information content (AvgIpc) is 2.66. The van der Waals surface area contributed by atoms with E-state index in [0.717, 1.165) is 24.7 Å². The molecule has 1 aliphatic rings. The molecule has 1 heterocycles. The highest BCUT2D eigenvalue weighted by molar-refractivity contribution is 14.0. The second-order valence-corrected chi connectivity index (χ2v) is 8.01. The number of benzene rings is 1. The number of rotatable bonds is 7. The average molecular weight is 512 g/mol. The molecular weight excluding hydrogens is 483 g/mol. The minimum absolute atomic E-state index is 0. The second kappa shape index (κ2) is 10.9.